The summed E-state index contributed by atoms with van der Waals surface area (Å²) in [6.07, 6.45) is 0.927. The van der Waals surface area contributed by atoms with E-state index >= 15 is 0 Å². The molecule has 1 N–H and O–H groups in total. The van der Waals surface area contributed by atoms with Gasteiger partial charge in [-0.25, -0.2) is 0 Å². The quantitative estimate of drug-likeness (QED) is 0.702. The van der Waals surface area contributed by atoms with Crippen LogP contribution in [0.4, 0.5) is 5.69 Å². The molecule has 0 spiro atoms. The highest BCUT2D eigenvalue weighted by Gasteiger charge is 2.10. The number of nitrogens with zero attached hydrogens (tertiary/aromatic N) is 4. The molecule has 1 heterocycles. The summed E-state index contributed by atoms with van der Waals surface area (Å²) in [5.41, 5.74) is 3.52. The number of rotatable bonds is 6. The number of halogens is 1. The molecule has 3 rings (SSSR count). The number of carbonyl (C=O) groups is 1. The van der Waals surface area contributed by atoms with E-state index in [9.17, 15) is 4.79 Å². The second-order valence-electron chi connectivity index (χ2n) is 6.16. The lowest BCUT2D eigenvalue weighted by atomic mass is 10.1. The van der Waals surface area contributed by atoms with E-state index in [0.717, 1.165) is 16.8 Å². The third-order valence-electron chi connectivity index (χ3n) is 4.20. The van der Waals surface area contributed by atoms with Gasteiger partial charge in [0, 0.05) is 12.1 Å². The number of nitrogens with one attached hydrogen (secondary N) is 1. The zero-order valence-corrected chi connectivity index (χ0v) is 16.1. The molecule has 0 aliphatic heterocycles. The molecule has 0 aliphatic rings. The highest BCUT2D eigenvalue weighted by Crippen LogP contribution is 2.25. The van der Waals surface area contributed by atoms with Crippen molar-refractivity contribution < 1.29 is 9.53 Å². The van der Waals surface area contributed by atoms with Gasteiger partial charge in [0.1, 0.15) is 5.75 Å². The Hall–Kier alpha value is -2.93. The maximum Gasteiger partial charge on any atom is 0.224 e. The van der Waals surface area contributed by atoms with Crippen LogP contribution in [0.3, 0.4) is 0 Å². The second-order valence-corrected chi connectivity index (χ2v) is 6.56. The molecule has 0 saturated heterocycles. The number of anilines is 1. The van der Waals surface area contributed by atoms with E-state index < -0.39 is 0 Å². The van der Waals surface area contributed by atoms with Crippen molar-refractivity contribution in [3.8, 4) is 11.4 Å². The van der Waals surface area contributed by atoms with E-state index in [1.807, 2.05) is 44.2 Å². The van der Waals surface area contributed by atoms with Crippen LogP contribution in [0.1, 0.15) is 23.4 Å². The predicted octanol–water partition coefficient (Wildman–Crippen LogP) is 3.51. The SMILES string of the molecule is COc1ccc(CCC(=O)Nc2ccc(C)c(-n3nnnc3C)c2)cc1Cl. The van der Waals surface area contributed by atoms with Crippen molar-refractivity contribution in [1.82, 2.24) is 20.2 Å². The Bertz CT molecular complexity index is 970. The van der Waals surface area contributed by atoms with Crippen LogP contribution in [0, 0.1) is 13.8 Å². The molecule has 7 nitrogen and oxygen atoms in total. The van der Waals surface area contributed by atoms with Gasteiger partial charge in [-0.2, -0.15) is 4.68 Å². The number of tetrazole rings is 1. The van der Waals surface area contributed by atoms with E-state index in [-0.39, 0.29) is 5.91 Å². The molecular weight excluding hydrogens is 366 g/mol. The Morgan fingerprint density at radius 2 is 2.04 bits per heavy atom. The summed E-state index contributed by atoms with van der Waals surface area (Å²) in [6, 6.07) is 11.2. The molecule has 3 aromatic rings. The summed E-state index contributed by atoms with van der Waals surface area (Å²) >= 11 is 6.12. The molecule has 140 valence electrons. The summed E-state index contributed by atoms with van der Waals surface area (Å²) in [7, 11) is 1.57. The number of carbonyl (C=O) groups excluding carboxylic acids is 1. The predicted molar refractivity (Wildman–Crippen MR) is 104 cm³/mol. The van der Waals surface area contributed by atoms with Crippen LogP contribution in [0.25, 0.3) is 5.69 Å². The standard InChI is InChI=1S/C19H20ClN5O2/c1-12-4-7-15(11-17(12)25-13(2)22-23-24-25)21-19(26)9-6-14-5-8-18(27-3)16(20)10-14/h4-5,7-8,10-11H,6,9H2,1-3H3,(H,21,26). The van der Waals surface area contributed by atoms with Gasteiger partial charge in [0.15, 0.2) is 5.82 Å². The largest absolute Gasteiger partial charge is 0.495 e. The average molecular weight is 386 g/mol. The zero-order valence-electron chi connectivity index (χ0n) is 15.4. The summed E-state index contributed by atoms with van der Waals surface area (Å²) in [5, 5.41) is 15.0. The molecule has 0 radical (unpaired) electrons. The summed E-state index contributed by atoms with van der Waals surface area (Å²) < 4.78 is 6.78. The number of amides is 1. The first-order valence-corrected chi connectivity index (χ1v) is 8.84. The van der Waals surface area contributed by atoms with Crippen molar-refractivity contribution in [2.45, 2.75) is 26.7 Å². The number of benzene rings is 2. The Kier molecular flexibility index (Phi) is 5.71. The van der Waals surface area contributed by atoms with E-state index in [1.54, 1.807) is 17.9 Å². The summed E-state index contributed by atoms with van der Waals surface area (Å²) in [4.78, 5) is 12.3. The lowest BCUT2D eigenvalue weighted by Gasteiger charge is -2.11. The van der Waals surface area contributed by atoms with Gasteiger partial charge in [-0.15, -0.1) is 5.10 Å². The maximum atomic E-state index is 12.3. The maximum absolute atomic E-state index is 12.3. The van der Waals surface area contributed by atoms with Crippen LogP contribution in [0.5, 0.6) is 5.75 Å². The van der Waals surface area contributed by atoms with Crippen LogP contribution in [0.2, 0.25) is 5.02 Å². The highest BCUT2D eigenvalue weighted by atomic mass is 35.5. The smallest absolute Gasteiger partial charge is 0.224 e. The first-order chi connectivity index (χ1) is 13.0. The van der Waals surface area contributed by atoms with E-state index in [2.05, 4.69) is 20.8 Å². The number of ether oxygens (including phenoxy) is 1. The van der Waals surface area contributed by atoms with E-state index in [1.165, 1.54) is 0 Å². The van der Waals surface area contributed by atoms with Gasteiger partial charge in [0.2, 0.25) is 5.91 Å². The Balaban J connectivity index is 1.66. The van der Waals surface area contributed by atoms with Gasteiger partial charge in [-0.1, -0.05) is 23.7 Å². The van der Waals surface area contributed by atoms with Crippen molar-refractivity contribution >= 4 is 23.2 Å². The first-order valence-electron chi connectivity index (χ1n) is 8.46. The fraction of sp³-hybridized carbons (Fsp3) is 0.263. The fourth-order valence-corrected chi connectivity index (χ4v) is 3.00. The van der Waals surface area contributed by atoms with Gasteiger partial charge < -0.3 is 10.1 Å². The summed E-state index contributed by atoms with van der Waals surface area (Å²) in [6.45, 7) is 3.79. The van der Waals surface area contributed by atoms with E-state index in [4.69, 9.17) is 16.3 Å². The molecule has 0 saturated carbocycles. The van der Waals surface area contributed by atoms with Gasteiger partial charge in [-0.3, -0.25) is 4.79 Å². The van der Waals surface area contributed by atoms with Gasteiger partial charge >= 0.3 is 0 Å². The number of aryl methyl sites for hydroxylation is 3. The topological polar surface area (TPSA) is 81.9 Å². The van der Waals surface area contributed by atoms with Crippen molar-refractivity contribution in [3.05, 3.63) is 58.4 Å². The van der Waals surface area contributed by atoms with Crippen LogP contribution >= 0.6 is 11.6 Å². The molecule has 0 bridgehead atoms. The molecule has 1 amide bonds. The van der Waals surface area contributed by atoms with Crippen molar-refractivity contribution in [1.29, 1.82) is 0 Å². The van der Waals surface area contributed by atoms with Gasteiger partial charge in [-0.05, 0) is 66.1 Å². The number of methoxy groups -OCH3 is 1. The first kappa shape index (κ1) is 18.8. The number of hydrogen-bond acceptors (Lipinski definition) is 5. The van der Waals surface area contributed by atoms with Gasteiger partial charge in [0.05, 0.1) is 17.8 Å². The minimum Gasteiger partial charge on any atom is -0.495 e. The zero-order chi connectivity index (χ0) is 19.4. The fourth-order valence-electron chi connectivity index (χ4n) is 2.72. The minimum atomic E-state index is -0.0785. The normalized spacial score (nSPS) is 10.7. The van der Waals surface area contributed by atoms with Crippen LogP contribution in [-0.4, -0.2) is 33.2 Å². The van der Waals surface area contributed by atoms with Crippen LogP contribution in [-0.2, 0) is 11.2 Å². The molecule has 8 heteroatoms. The van der Waals surface area contributed by atoms with E-state index in [0.29, 0.717) is 35.1 Å². The van der Waals surface area contributed by atoms with Crippen molar-refractivity contribution in [3.63, 3.8) is 0 Å². The van der Waals surface area contributed by atoms with Crippen molar-refractivity contribution in [2.24, 2.45) is 0 Å². The molecular formula is C19H20ClN5O2. The molecule has 0 aliphatic carbocycles. The van der Waals surface area contributed by atoms with Gasteiger partial charge in [0.25, 0.3) is 0 Å². The molecule has 0 atom stereocenters. The number of hydrogen-bond donors (Lipinski definition) is 1. The Morgan fingerprint density at radius 1 is 1.22 bits per heavy atom. The lowest BCUT2D eigenvalue weighted by Crippen LogP contribution is -2.13. The third kappa shape index (κ3) is 4.43. The number of aromatic nitrogens is 4. The Labute approximate surface area is 162 Å². The second kappa shape index (κ2) is 8.18. The minimum absolute atomic E-state index is 0.0785. The molecule has 0 fully saturated rings. The van der Waals surface area contributed by atoms with Crippen LogP contribution < -0.4 is 10.1 Å². The van der Waals surface area contributed by atoms with Crippen LogP contribution in [0.15, 0.2) is 36.4 Å². The summed E-state index contributed by atoms with van der Waals surface area (Å²) in [5.74, 6) is 1.22. The highest BCUT2D eigenvalue weighted by molar-refractivity contribution is 6.32. The third-order valence-corrected chi connectivity index (χ3v) is 4.50. The van der Waals surface area contributed by atoms with Crippen molar-refractivity contribution in [2.75, 3.05) is 12.4 Å². The molecule has 27 heavy (non-hydrogen) atoms. The average Bonchev–Trinajstić information content (AvgIpc) is 3.07. The molecule has 0 unspecified atom stereocenters. The monoisotopic (exact) mass is 385 g/mol. The Morgan fingerprint density at radius 3 is 2.70 bits per heavy atom. The molecule has 1 aromatic heterocycles. The molecule has 2 aromatic carbocycles. The lowest BCUT2D eigenvalue weighted by molar-refractivity contribution is -0.116.